The SMILES string of the molecule is CC(C)CC(=O)NCc1nc(-c2ccc3c(c2)CC(=O)N3)cs1. The summed E-state index contributed by atoms with van der Waals surface area (Å²) in [5.74, 6) is 0.437. The second-order valence-corrected chi connectivity index (χ2v) is 7.04. The third kappa shape index (κ3) is 3.76. The molecule has 2 N–H and O–H groups in total. The number of hydrogen-bond acceptors (Lipinski definition) is 4. The predicted molar refractivity (Wildman–Crippen MR) is 91.2 cm³/mol. The van der Waals surface area contributed by atoms with Crippen LogP contribution < -0.4 is 10.6 Å². The fourth-order valence-corrected chi connectivity index (χ4v) is 3.27. The highest BCUT2D eigenvalue weighted by Gasteiger charge is 2.18. The van der Waals surface area contributed by atoms with Crippen molar-refractivity contribution in [2.75, 3.05) is 5.32 Å². The summed E-state index contributed by atoms with van der Waals surface area (Å²) in [5, 5.41) is 8.59. The van der Waals surface area contributed by atoms with Crippen molar-refractivity contribution in [3.8, 4) is 11.3 Å². The summed E-state index contributed by atoms with van der Waals surface area (Å²) in [6, 6.07) is 5.88. The quantitative estimate of drug-likeness (QED) is 0.886. The van der Waals surface area contributed by atoms with Crippen molar-refractivity contribution in [1.82, 2.24) is 10.3 Å². The van der Waals surface area contributed by atoms with Gasteiger partial charge in [-0.3, -0.25) is 9.59 Å². The van der Waals surface area contributed by atoms with Crippen LogP contribution in [0.4, 0.5) is 5.69 Å². The molecule has 5 nitrogen and oxygen atoms in total. The molecule has 2 heterocycles. The van der Waals surface area contributed by atoms with Gasteiger partial charge in [-0.1, -0.05) is 19.9 Å². The minimum absolute atomic E-state index is 0.0315. The van der Waals surface area contributed by atoms with E-state index >= 15 is 0 Å². The largest absolute Gasteiger partial charge is 0.350 e. The van der Waals surface area contributed by atoms with E-state index in [1.165, 1.54) is 11.3 Å². The molecular formula is C17H19N3O2S. The Kier molecular flexibility index (Phi) is 4.43. The van der Waals surface area contributed by atoms with E-state index in [0.717, 1.165) is 27.5 Å². The van der Waals surface area contributed by atoms with E-state index in [-0.39, 0.29) is 11.8 Å². The first kappa shape index (κ1) is 15.7. The Morgan fingerprint density at radius 1 is 1.43 bits per heavy atom. The van der Waals surface area contributed by atoms with E-state index < -0.39 is 0 Å². The summed E-state index contributed by atoms with van der Waals surface area (Å²) >= 11 is 1.53. The molecule has 0 aliphatic carbocycles. The van der Waals surface area contributed by atoms with Crippen molar-refractivity contribution in [2.24, 2.45) is 5.92 Å². The molecule has 0 saturated carbocycles. The van der Waals surface area contributed by atoms with Crippen LogP contribution in [-0.2, 0) is 22.6 Å². The van der Waals surface area contributed by atoms with Crippen LogP contribution in [0, 0.1) is 5.92 Å². The standard InChI is InChI=1S/C17H19N3O2S/c1-10(2)5-15(21)18-8-17-20-14(9-23-17)11-3-4-13-12(6-11)7-16(22)19-13/h3-4,6,9-10H,5,7-8H2,1-2H3,(H,18,21)(H,19,22). The molecule has 0 unspecified atom stereocenters. The zero-order valence-electron chi connectivity index (χ0n) is 13.2. The first-order valence-electron chi connectivity index (χ1n) is 7.65. The minimum atomic E-state index is 0.0315. The lowest BCUT2D eigenvalue weighted by Gasteiger charge is -2.05. The molecule has 0 atom stereocenters. The van der Waals surface area contributed by atoms with Gasteiger partial charge in [0.25, 0.3) is 0 Å². The molecule has 23 heavy (non-hydrogen) atoms. The smallest absolute Gasteiger partial charge is 0.228 e. The summed E-state index contributed by atoms with van der Waals surface area (Å²) in [7, 11) is 0. The van der Waals surface area contributed by atoms with Gasteiger partial charge in [0, 0.05) is 23.1 Å². The van der Waals surface area contributed by atoms with Crippen LogP contribution in [0.15, 0.2) is 23.6 Å². The van der Waals surface area contributed by atoms with Crippen LogP contribution in [0.5, 0.6) is 0 Å². The van der Waals surface area contributed by atoms with Gasteiger partial charge in [-0.2, -0.15) is 0 Å². The van der Waals surface area contributed by atoms with Crippen LogP contribution in [0.3, 0.4) is 0 Å². The molecule has 3 rings (SSSR count). The number of hydrogen-bond donors (Lipinski definition) is 2. The summed E-state index contributed by atoms with van der Waals surface area (Å²) in [6.45, 7) is 4.50. The van der Waals surface area contributed by atoms with E-state index in [1.54, 1.807) is 0 Å². The summed E-state index contributed by atoms with van der Waals surface area (Å²) in [4.78, 5) is 27.7. The van der Waals surface area contributed by atoms with E-state index in [9.17, 15) is 9.59 Å². The fraction of sp³-hybridized carbons (Fsp3) is 0.353. The lowest BCUT2D eigenvalue weighted by atomic mass is 10.1. The van der Waals surface area contributed by atoms with Crippen molar-refractivity contribution in [3.05, 3.63) is 34.2 Å². The summed E-state index contributed by atoms with van der Waals surface area (Å²) in [5.41, 5.74) is 3.77. The molecular weight excluding hydrogens is 310 g/mol. The van der Waals surface area contributed by atoms with Gasteiger partial charge >= 0.3 is 0 Å². The molecule has 6 heteroatoms. The Hall–Kier alpha value is -2.21. The Morgan fingerprint density at radius 3 is 3.04 bits per heavy atom. The lowest BCUT2D eigenvalue weighted by molar-refractivity contribution is -0.122. The number of rotatable bonds is 5. The monoisotopic (exact) mass is 329 g/mol. The van der Waals surface area contributed by atoms with Crippen LogP contribution >= 0.6 is 11.3 Å². The molecule has 0 spiro atoms. The molecule has 1 aromatic carbocycles. The van der Waals surface area contributed by atoms with Gasteiger partial charge in [-0.25, -0.2) is 4.98 Å². The number of fused-ring (bicyclic) bond motifs is 1. The minimum Gasteiger partial charge on any atom is -0.350 e. The molecule has 0 radical (unpaired) electrons. The Morgan fingerprint density at radius 2 is 2.26 bits per heavy atom. The molecule has 0 fully saturated rings. The molecule has 1 aliphatic heterocycles. The van der Waals surface area contributed by atoms with Crippen LogP contribution in [0.2, 0.25) is 0 Å². The van der Waals surface area contributed by atoms with Crippen molar-refractivity contribution in [2.45, 2.75) is 33.2 Å². The molecule has 0 saturated heterocycles. The van der Waals surface area contributed by atoms with Gasteiger partial charge < -0.3 is 10.6 Å². The zero-order valence-corrected chi connectivity index (χ0v) is 14.0. The number of amides is 2. The van der Waals surface area contributed by atoms with Crippen LogP contribution in [-0.4, -0.2) is 16.8 Å². The highest BCUT2D eigenvalue weighted by molar-refractivity contribution is 7.09. The third-order valence-electron chi connectivity index (χ3n) is 3.61. The average molecular weight is 329 g/mol. The first-order valence-corrected chi connectivity index (χ1v) is 8.53. The normalized spacial score (nSPS) is 13.1. The topological polar surface area (TPSA) is 71.1 Å². The Balaban J connectivity index is 1.67. The lowest BCUT2D eigenvalue weighted by Crippen LogP contribution is -2.23. The van der Waals surface area contributed by atoms with Gasteiger partial charge in [0.15, 0.2) is 0 Å². The van der Waals surface area contributed by atoms with E-state index in [4.69, 9.17) is 0 Å². The Labute approximate surface area is 139 Å². The number of carbonyl (C=O) groups is 2. The number of anilines is 1. The van der Waals surface area contributed by atoms with Crippen molar-refractivity contribution in [1.29, 1.82) is 0 Å². The van der Waals surface area contributed by atoms with Gasteiger partial charge in [0.1, 0.15) is 5.01 Å². The maximum Gasteiger partial charge on any atom is 0.228 e. The molecule has 1 aliphatic rings. The molecule has 120 valence electrons. The number of thiazole rings is 1. The summed E-state index contributed by atoms with van der Waals surface area (Å²) < 4.78 is 0. The summed E-state index contributed by atoms with van der Waals surface area (Å²) in [6.07, 6.45) is 0.954. The van der Waals surface area contributed by atoms with Gasteiger partial charge in [0.2, 0.25) is 11.8 Å². The van der Waals surface area contributed by atoms with Gasteiger partial charge in [-0.05, 0) is 23.6 Å². The molecule has 2 aromatic rings. The van der Waals surface area contributed by atoms with E-state index in [1.807, 2.05) is 37.4 Å². The second-order valence-electron chi connectivity index (χ2n) is 6.10. The molecule has 1 aromatic heterocycles. The van der Waals surface area contributed by atoms with Gasteiger partial charge in [-0.15, -0.1) is 11.3 Å². The highest BCUT2D eigenvalue weighted by Crippen LogP contribution is 2.29. The predicted octanol–water partition coefficient (Wildman–Crippen LogP) is 2.97. The Bertz CT molecular complexity index is 752. The first-order chi connectivity index (χ1) is 11.0. The zero-order chi connectivity index (χ0) is 16.4. The highest BCUT2D eigenvalue weighted by atomic mass is 32.1. The molecule has 0 bridgehead atoms. The fourth-order valence-electron chi connectivity index (χ4n) is 2.53. The van der Waals surface area contributed by atoms with Crippen molar-refractivity contribution < 1.29 is 9.59 Å². The second kappa shape index (κ2) is 6.50. The van der Waals surface area contributed by atoms with Crippen LogP contribution in [0.1, 0.15) is 30.8 Å². The molecule has 2 amide bonds. The maximum atomic E-state index is 11.7. The van der Waals surface area contributed by atoms with Crippen molar-refractivity contribution in [3.63, 3.8) is 0 Å². The number of benzene rings is 1. The number of carbonyl (C=O) groups excluding carboxylic acids is 2. The number of nitrogens with one attached hydrogen (secondary N) is 2. The van der Waals surface area contributed by atoms with Crippen molar-refractivity contribution >= 4 is 28.8 Å². The maximum absolute atomic E-state index is 11.7. The third-order valence-corrected chi connectivity index (χ3v) is 4.46. The average Bonchev–Trinajstić information content (AvgIpc) is 3.08. The van der Waals surface area contributed by atoms with Gasteiger partial charge in [0.05, 0.1) is 18.7 Å². The van der Waals surface area contributed by atoms with E-state index in [2.05, 4.69) is 15.6 Å². The van der Waals surface area contributed by atoms with Crippen LogP contribution in [0.25, 0.3) is 11.3 Å². The number of nitrogens with zero attached hydrogens (tertiary/aromatic N) is 1. The van der Waals surface area contributed by atoms with E-state index in [0.29, 0.717) is 25.3 Å². The number of aromatic nitrogens is 1.